The highest BCUT2D eigenvalue weighted by Crippen LogP contribution is 2.39. The van der Waals surface area contributed by atoms with Gasteiger partial charge >= 0.3 is 5.97 Å². The second-order valence-corrected chi connectivity index (χ2v) is 6.09. The molecule has 0 aliphatic carbocycles. The van der Waals surface area contributed by atoms with Crippen LogP contribution < -0.4 is 9.47 Å². The molecule has 0 fully saturated rings. The lowest BCUT2D eigenvalue weighted by Crippen LogP contribution is -2.41. The molecule has 8 heteroatoms. The Morgan fingerprint density at radius 2 is 1.96 bits per heavy atom. The molecule has 1 atom stereocenters. The predicted molar refractivity (Wildman–Crippen MR) is 90.5 cm³/mol. The van der Waals surface area contributed by atoms with Crippen LogP contribution in [0.4, 0.5) is 0 Å². The third-order valence-corrected chi connectivity index (χ3v) is 4.48. The Morgan fingerprint density at radius 3 is 2.54 bits per heavy atom. The molecule has 0 saturated heterocycles. The fraction of sp³-hybridized carbons (Fsp3) is 0.389. The average Bonchev–Trinajstić information content (AvgIpc) is 3.06. The van der Waals surface area contributed by atoms with E-state index in [2.05, 4.69) is 5.16 Å². The highest BCUT2D eigenvalue weighted by Gasteiger charge is 2.35. The van der Waals surface area contributed by atoms with Crippen molar-refractivity contribution in [3.05, 3.63) is 40.8 Å². The fourth-order valence-electron chi connectivity index (χ4n) is 3.27. The second-order valence-electron chi connectivity index (χ2n) is 6.09. The number of amides is 1. The zero-order valence-electron chi connectivity index (χ0n) is 14.8. The topological polar surface area (TPSA) is 102 Å². The minimum absolute atomic E-state index is 0.168. The number of fused-ring (bicyclic) bond motifs is 1. The maximum absolute atomic E-state index is 12.8. The molecular weight excluding hydrogens is 340 g/mol. The molecule has 0 spiro atoms. The number of carboxylic acids is 1. The van der Waals surface area contributed by atoms with Crippen LogP contribution in [-0.2, 0) is 11.2 Å². The molecule has 0 bridgehead atoms. The number of benzene rings is 1. The summed E-state index contributed by atoms with van der Waals surface area (Å²) in [7, 11) is 3.06. The lowest BCUT2D eigenvalue weighted by molar-refractivity contribution is -0.138. The summed E-state index contributed by atoms with van der Waals surface area (Å²) in [6, 6.07) is 4.51. The van der Waals surface area contributed by atoms with Crippen LogP contribution in [-0.4, -0.2) is 47.8 Å². The summed E-state index contributed by atoms with van der Waals surface area (Å²) in [5.74, 6) is 0.243. The molecule has 1 N–H and O–H groups in total. The van der Waals surface area contributed by atoms with Gasteiger partial charge in [0.25, 0.3) is 5.91 Å². The van der Waals surface area contributed by atoms with Crippen molar-refractivity contribution < 1.29 is 28.7 Å². The molecule has 8 nitrogen and oxygen atoms in total. The van der Waals surface area contributed by atoms with Gasteiger partial charge in [-0.15, -0.1) is 0 Å². The summed E-state index contributed by atoms with van der Waals surface area (Å²) in [6.45, 7) is 2.08. The summed E-state index contributed by atoms with van der Waals surface area (Å²) in [5, 5.41) is 13.1. The van der Waals surface area contributed by atoms with Gasteiger partial charge in [-0.1, -0.05) is 5.16 Å². The van der Waals surface area contributed by atoms with Gasteiger partial charge in [0, 0.05) is 12.6 Å². The van der Waals surface area contributed by atoms with E-state index < -0.39 is 12.0 Å². The molecule has 1 aliphatic rings. The highest BCUT2D eigenvalue weighted by molar-refractivity contribution is 5.93. The first-order valence-electron chi connectivity index (χ1n) is 8.15. The number of carboxylic acid groups (broad SMARTS) is 1. The SMILES string of the molecule is COc1cc2c(cc1OC)[C@@H](CC(=O)O)N(C(=O)c1cc(C)on1)CC2. The molecule has 1 aromatic heterocycles. The van der Waals surface area contributed by atoms with E-state index in [0.29, 0.717) is 30.2 Å². The Hall–Kier alpha value is -3.03. The van der Waals surface area contributed by atoms with E-state index in [9.17, 15) is 14.7 Å². The molecule has 1 amide bonds. The molecule has 26 heavy (non-hydrogen) atoms. The Balaban J connectivity index is 2.03. The zero-order valence-corrected chi connectivity index (χ0v) is 14.8. The van der Waals surface area contributed by atoms with Gasteiger partial charge in [-0.05, 0) is 36.6 Å². The van der Waals surface area contributed by atoms with Crippen molar-refractivity contribution in [2.45, 2.75) is 25.8 Å². The normalized spacial score (nSPS) is 16.1. The number of hydrogen-bond acceptors (Lipinski definition) is 6. The maximum Gasteiger partial charge on any atom is 0.305 e. The number of aromatic nitrogens is 1. The van der Waals surface area contributed by atoms with Crippen molar-refractivity contribution in [3.63, 3.8) is 0 Å². The molecule has 0 saturated carbocycles. The lowest BCUT2D eigenvalue weighted by atomic mass is 9.89. The van der Waals surface area contributed by atoms with Crippen LogP contribution in [0, 0.1) is 6.92 Å². The van der Waals surface area contributed by atoms with Gasteiger partial charge in [-0.25, -0.2) is 0 Å². The van der Waals surface area contributed by atoms with E-state index in [4.69, 9.17) is 14.0 Å². The zero-order chi connectivity index (χ0) is 18.8. The minimum atomic E-state index is -0.994. The lowest BCUT2D eigenvalue weighted by Gasteiger charge is -2.36. The quantitative estimate of drug-likeness (QED) is 0.872. The smallest absolute Gasteiger partial charge is 0.305 e. The monoisotopic (exact) mass is 360 g/mol. The van der Waals surface area contributed by atoms with Crippen molar-refractivity contribution in [2.24, 2.45) is 0 Å². The van der Waals surface area contributed by atoms with Crippen molar-refractivity contribution in [2.75, 3.05) is 20.8 Å². The van der Waals surface area contributed by atoms with E-state index in [1.54, 1.807) is 26.2 Å². The predicted octanol–water partition coefficient (Wildman–Crippen LogP) is 2.21. The van der Waals surface area contributed by atoms with Gasteiger partial charge in [-0.2, -0.15) is 0 Å². The van der Waals surface area contributed by atoms with E-state index in [1.165, 1.54) is 12.0 Å². The van der Waals surface area contributed by atoms with Crippen molar-refractivity contribution >= 4 is 11.9 Å². The standard InChI is InChI=1S/C18H20N2O6/c1-10-6-13(19-26-10)18(23)20-5-4-11-7-15(24-2)16(25-3)8-12(11)14(20)9-17(21)22/h6-8,14H,4-5,9H2,1-3H3,(H,21,22)/t14-/m1/s1. The van der Waals surface area contributed by atoms with Crippen LogP contribution in [0.5, 0.6) is 11.5 Å². The summed E-state index contributed by atoms with van der Waals surface area (Å²) >= 11 is 0. The van der Waals surface area contributed by atoms with Crippen molar-refractivity contribution in [1.29, 1.82) is 0 Å². The summed E-state index contributed by atoms with van der Waals surface area (Å²) in [5.41, 5.74) is 1.85. The molecular formula is C18H20N2O6. The van der Waals surface area contributed by atoms with Crippen LogP contribution in [0.25, 0.3) is 0 Å². The third kappa shape index (κ3) is 3.22. The Labute approximate surface area is 150 Å². The summed E-state index contributed by atoms with van der Waals surface area (Å²) in [6.07, 6.45) is 0.361. The number of nitrogens with zero attached hydrogens (tertiary/aromatic N) is 2. The largest absolute Gasteiger partial charge is 0.493 e. The van der Waals surface area contributed by atoms with E-state index in [-0.39, 0.29) is 18.0 Å². The van der Waals surface area contributed by atoms with Crippen molar-refractivity contribution in [3.8, 4) is 11.5 Å². The van der Waals surface area contributed by atoms with Crippen LogP contribution in [0.15, 0.2) is 22.7 Å². The molecule has 0 radical (unpaired) electrons. The van der Waals surface area contributed by atoms with Crippen LogP contribution in [0.2, 0.25) is 0 Å². The van der Waals surface area contributed by atoms with E-state index in [1.807, 2.05) is 6.07 Å². The molecule has 0 unspecified atom stereocenters. The number of ether oxygens (including phenoxy) is 2. The number of carbonyl (C=O) groups excluding carboxylic acids is 1. The van der Waals surface area contributed by atoms with Gasteiger partial charge in [0.15, 0.2) is 17.2 Å². The van der Waals surface area contributed by atoms with Gasteiger partial charge in [-0.3, -0.25) is 9.59 Å². The maximum atomic E-state index is 12.8. The molecule has 3 rings (SSSR count). The number of rotatable bonds is 5. The van der Waals surface area contributed by atoms with Gasteiger partial charge in [0.05, 0.1) is 26.7 Å². The first kappa shape index (κ1) is 17.8. The Morgan fingerprint density at radius 1 is 1.27 bits per heavy atom. The van der Waals surface area contributed by atoms with E-state index in [0.717, 1.165) is 11.1 Å². The number of carbonyl (C=O) groups is 2. The number of aliphatic carboxylic acids is 1. The molecule has 138 valence electrons. The molecule has 2 aromatic rings. The van der Waals surface area contributed by atoms with Gasteiger partial charge < -0.3 is 24.0 Å². The third-order valence-electron chi connectivity index (χ3n) is 4.48. The first-order chi connectivity index (χ1) is 12.4. The molecule has 1 aromatic carbocycles. The average molecular weight is 360 g/mol. The molecule has 2 heterocycles. The van der Waals surface area contributed by atoms with Crippen LogP contribution >= 0.6 is 0 Å². The Bertz CT molecular complexity index is 844. The second kappa shape index (κ2) is 7.07. The van der Waals surface area contributed by atoms with Gasteiger partial charge in [0.1, 0.15) is 5.76 Å². The summed E-state index contributed by atoms with van der Waals surface area (Å²) < 4.78 is 15.6. The molecule has 1 aliphatic heterocycles. The van der Waals surface area contributed by atoms with Crippen LogP contribution in [0.1, 0.15) is 39.8 Å². The van der Waals surface area contributed by atoms with Crippen molar-refractivity contribution in [1.82, 2.24) is 10.1 Å². The fourth-order valence-corrected chi connectivity index (χ4v) is 3.27. The van der Waals surface area contributed by atoms with Crippen LogP contribution in [0.3, 0.4) is 0 Å². The minimum Gasteiger partial charge on any atom is -0.493 e. The Kier molecular flexibility index (Phi) is 4.83. The summed E-state index contributed by atoms with van der Waals surface area (Å²) in [4.78, 5) is 25.8. The highest BCUT2D eigenvalue weighted by atomic mass is 16.5. The number of aryl methyl sites for hydroxylation is 1. The first-order valence-corrected chi connectivity index (χ1v) is 8.15. The number of methoxy groups -OCH3 is 2. The van der Waals surface area contributed by atoms with E-state index >= 15 is 0 Å². The van der Waals surface area contributed by atoms with Gasteiger partial charge in [0.2, 0.25) is 0 Å². The number of hydrogen-bond donors (Lipinski definition) is 1.